The Morgan fingerprint density at radius 3 is 2.83 bits per heavy atom. The topological polar surface area (TPSA) is 81.1 Å². The fraction of sp³-hybridized carbons (Fsp3) is 0.250. The van der Waals surface area contributed by atoms with Crippen molar-refractivity contribution in [2.75, 3.05) is 7.05 Å². The van der Waals surface area contributed by atoms with Crippen LogP contribution in [0.25, 0.3) is 5.82 Å². The lowest BCUT2D eigenvalue weighted by atomic mass is 10.3. The summed E-state index contributed by atoms with van der Waals surface area (Å²) in [6, 6.07) is 3.95. The van der Waals surface area contributed by atoms with Crippen molar-refractivity contribution in [2.45, 2.75) is 13.5 Å². The van der Waals surface area contributed by atoms with Crippen molar-refractivity contribution in [1.82, 2.24) is 19.9 Å². The Labute approximate surface area is 106 Å². The molecule has 0 unspecified atom stereocenters. The van der Waals surface area contributed by atoms with Gasteiger partial charge in [0.2, 0.25) is 0 Å². The summed E-state index contributed by atoms with van der Waals surface area (Å²) in [6.45, 7) is 2.55. The Morgan fingerprint density at radius 2 is 2.28 bits per heavy atom. The molecule has 2 rings (SSSR count). The number of imidazole rings is 1. The van der Waals surface area contributed by atoms with Gasteiger partial charge in [0.15, 0.2) is 5.96 Å². The van der Waals surface area contributed by atoms with E-state index in [0.717, 1.165) is 17.2 Å². The molecule has 0 fully saturated rings. The Bertz CT molecular complexity index is 540. The van der Waals surface area contributed by atoms with Gasteiger partial charge in [-0.3, -0.25) is 9.56 Å². The van der Waals surface area contributed by atoms with Gasteiger partial charge in [-0.1, -0.05) is 6.07 Å². The standard InChI is InChI=1S/C12H16N6/c1-9-15-5-6-18(9)11-4-3-10(7-16-11)8-17-12(13)14-2/h3-7H,8H2,1-2H3,(H3,13,14,17). The van der Waals surface area contributed by atoms with Crippen LogP contribution in [0.4, 0.5) is 0 Å². The number of aliphatic imine (C=N–C) groups is 1. The van der Waals surface area contributed by atoms with E-state index >= 15 is 0 Å². The molecule has 6 heteroatoms. The summed E-state index contributed by atoms with van der Waals surface area (Å²) >= 11 is 0. The van der Waals surface area contributed by atoms with E-state index in [4.69, 9.17) is 5.73 Å². The van der Waals surface area contributed by atoms with Crippen LogP contribution in [0.1, 0.15) is 11.4 Å². The molecule has 0 saturated carbocycles. The summed E-state index contributed by atoms with van der Waals surface area (Å²) in [4.78, 5) is 12.4. The molecule has 3 N–H and O–H groups in total. The van der Waals surface area contributed by atoms with Gasteiger partial charge in [-0.2, -0.15) is 0 Å². The predicted octanol–water partition coefficient (Wildman–Crippen LogP) is 0.610. The third-order valence-electron chi connectivity index (χ3n) is 2.60. The molecule has 0 saturated heterocycles. The fourth-order valence-electron chi connectivity index (χ4n) is 1.56. The third kappa shape index (κ3) is 2.65. The molecule has 2 aromatic rings. The minimum Gasteiger partial charge on any atom is -0.370 e. The summed E-state index contributed by atoms with van der Waals surface area (Å²) in [6.07, 6.45) is 5.45. The van der Waals surface area contributed by atoms with Gasteiger partial charge in [-0.25, -0.2) is 9.97 Å². The van der Waals surface area contributed by atoms with Crippen LogP contribution in [0.2, 0.25) is 0 Å². The van der Waals surface area contributed by atoms with Crippen molar-refractivity contribution in [1.29, 1.82) is 0 Å². The SMILES string of the molecule is CN=C(N)NCc1ccc(-n2ccnc2C)nc1. The normalized spacial score (nSPS) is 11.6. The van der Waals surface area contributed by atoms with Crippen molar-refractivity contribution < 1.29 is 0 Å². The lowest BCUT2D eigenvalue weighted by molar-refractivity contribution is 0.878. The Hall–Kier alpha value is -2.37. The van der Waals surface area contributed by atoms with Gasteiger partial charge >= 0.3 is 0 Å². The Balaban J connectivity index is 2.09. The Kier molecular flexibility index (Phi) is 3.57. The van der Waals surface area contributed by atoms with Crippen LogP contribution in [0.5, 0.6) is 0 Å². The van der Waals surface area contributed by atoms with Gasteiger partial charge in [0.25, 0.3) is 0 Å². The number of rotatable bonds is 3. The van der Waals surface area contributed by atoms with Crippen LogP contribution in [0.15, 0.2) is 35.7 Å². The van der Waals surface area contributed by atoms with Gasteiger partial charge in [0.1, 0.15) is 11.6 Å². The number of nitrogens with one attached hydrogen (secondary N) is 1. The number of guanidine groups is 1. The smallest absolute Gasteiger partial charge is 0.188 e. The number of aromatic nitrogens is 3. The number of hydrogen-bond donors (Lipinski definition) is 2. The van der Waals surface area contributed by atoms with E-state index in [0.29, 0.717) is 12.5 Å². The molecule has 94 valence electrons. The molecule has 2 heterocycles. The largest absolute Gasteiger partial charge is 0.370 e. The highest BCUT2D eigenvalue weighted by Gasteiger charge is 2.01. The van der Waals surface area contributed by atoms with Crippen molar-refractivity contribution in [3.05, 3.63) is 42.1 Å². The first-order valence-corrected chi connectivity index (χ1v) is 5.62. The first-order chi connectivity index (χ1) is 8.70. The van der Waals surface area contributed by atoms with E-state index in [-0.39, 0.29) is 0 Å². The van der Waals surface area contributed by atoms with Crippen LogP contribution in [-0.4, -0.2) is 27.5 Å². The molecular formula is C12H16N6. The zero-order valence-electron chi connectivity index (χ0n) is 10.5. The van der Waals surface area contributed by atoms with E-state index in [9.17, 15) is 0 Å². The van der Waals surface area contributed by atoms with Crippen LogP contribution in [0, 0.1) is 6.92 Å². The highest BCUT2D eigenvalue weighted by atomic mass is 15.1. The number of hydrogen-bond acceptors (Lipinski definition) is 3. The molecule has 0 bridgehead atoms. The molecule has 6 nitrogen and oxygen atoms in total. The number of pyridine rings is 1. The molecule has 18 heavy (non-hydrogen) atoms. The molecule has 0 aliphatic heterocycles. The van der Waals surface area contributed by atoms with Gasteiger partial charge in [0.05, 0.1) is 0 Å². The first kappa shape index (κ1) is 12.1. The van der Waals surface area contributed by atoms with E-state index in [1.807, 2.05) is 36.0 Å². The third-order valence-corrected chi connectivity index (χ3v) is 2.60. The molecule has 0 aromatic carbocycles. The zero-order chi connectivity index (χ0) is 13.0. The molecule has 0 radical (unpaired) electrons. The van der Waals surface area contributed by atoms with Gasteiger partial charge < -0.3 is 11.1 Å². The van der Waals surface area contributed by atoms with Gasteiger partial charge in [-0.05, 0) is 18.6 Å². The average molecular weight is 244 g/mol. The zero-order valence-corrected chi connectivity index (χ0v) is 10.5. The van der Waals surface area contributed by atoms with Crippen molar-refractivity contribution in [3.63, 3.8) is 0 Å². The minimum absolute atomic E-state index is 0.421. The maximum Gasteiger partial charge on any atom is 0.188 e. The number of nitrogens with two attached hydrogens (primary N) is 1. The summed E-state index contributed by atoms with van der Waals surface area (Å²) in [5.41, 5.74) is 6.60. The van der Waals surface area contributed by atoms with Crippen LogP contribution in [0.3, 0.4) is 0 Å². The molecule has 0 aliphatic rings. The lowest BCUT2D eigenvalue weighted by Crippen LogP contribution is -2.30. The fourth-order valence-corrected chi connectivity index (χ4v) is 1.56. The minimum atomic E-state index is 0.421. The summed E-state index contributed by atoms with van der Waals surface area (Å²) in [5.74, 6) is 2.19. The summed E-state index contributed by atoms with van der Waals surface area (Å²) in [7, 11) is 1.64. The molecule has 0 atom stereocenters. The first-order valence-electron chi connectivity index (χ1n) is 5.62. The van der Waals surface area contributed by atoms with Crippen LogP contribution < -0.4 is 11.1 Å². The summed E-state index contributed by atoms with van der Waals surface area (Å²) in [5, 5.41) is 2.98. The Morgan fingerprint density at radius 1 is 1.44 bits per heavy atom. The second kappa shape index (κ2) is 5.31. The highest BCUT2D eigenvalue weighted by Crippen LogP contribution is 2.08. The van der Waals surface area contributed by atoms with E-state index in [1.165, 1.54) is 0 Å². The van der Waals surface area contributed by atoms with Crippen molar-refractivity contribution >= 4 is 5.96 Å². The van der Waals surface area contributed by atoms with Gasteiger partial charge in [-0.15, -0.1) is 0 Å². The molecule has 0 aliphatic carbocycles. The van der Waals surface area contributed by atoms with Crippen LogP contribution in [-0.2, 0) is 6.54 Å². The van der Waals surface area contributed by atoms with E-state index < -0.39 is 0 Å². The van der Waals surface area contributed by atoms with Crippen LogP contribution >= 0.6 is 0 Å². The second-order valence-electron chi connectivity index (χ2n) is 3.83. The predicted molar refractivity (Wildman–Crippen MR) is 70.5 cm³/mol. The molecular weight excluding hydrogens is 228 g/mol. The number of nitrogens with zero attached hydrogens (tertiary/aromatic N) is 4. The van der Waals surface area contributed by atoms with Gasteiger partial charge in [0, 0.05) is 32.2 Å². The molecule has 0 spiro atoms. The van der Waals surface area contributed by atoms with E-state index in [2.05, 4.69) is 20.3 Å². The lowest BCUT2D eigenvalue weighted by Gasteiger charge is -2.07. The maximum atomic E-state index is 5.55. The van der Waals surface area contributed by atoms with E-state index in [1.54, 1.807) is 13.2 Å². The molecule has 2 aromatic heterocycles. The molecule has 0 amide bonds. The quantitative estimate of drug-likeness (QED) is 0.612. The number of aryl methyl sites for hydroxylation is 1. The monoisotopic (exact) mass is 244 g/mol. The highest BCUT2D eigenvalue weighted by molar-refractivity contribution is 5.77. The second-order valence-corrected chi connectivity index (χ2v) is 3.83. The average Bonchev–Trinajstić information content (AvgIpc) is 2.83. The van der Waals surface area contributed by atoms with Crippen molar-refractivity contribution in [2.24, 2.45) is 10.7 Å². The summed E-state index contributed by atoms with van der Waals surface area (Å²) < 4.78 is 1.93. The maximum absolute atomic E-state index is 5.55. The van der Waals surface area contributed by atoms with Crippen molar-refractivity contribution in [3.8, 4) is 5.82 Å².